The average Bonchev–Trinajstić information content (AvgIpc) is 2.83. The van der Waals surface area contributed by atoms with Crippen LogP contribution in [0.15, 0.2) is 78.9 Å². The van der Waals surface area contributed by atoms with Crippen LogP contribution >= 0.6 is 0 Å². The molecular formula is C26H26N4O2. The maximum Gasteiger partial charge on any atom is 0.319 e. The van der Waals surface area contributed by atoms with Gasteiger partial charge in [0.15, 0.2) is 0 Å². The molecule has 1 fully saturated rings. The molecule has 3 aromatic rings. The quantitative estimate of drug-likeness (QED) is 0.572. The molecule has 6 heteroatoms. The lowest BCUT2D eigenvalue weighted by Crippen LogP contribution is -2.45. The van der Waals surface area contributed by atoms with E-state index in [1.165, 1.54) is 5.56 Å². The zero-order valence-electron chi connectivity index (χ0n) is 17.8. The maximum atomic E-state index is 12.4. The number of benzene rings is 3. The summed E-state index contributed by atoms with van der Waals surface area (Å²) in [6.07, 6.45) is 1.88. The summed E-state index contributed by atoms with van der Waals surface area (Å²) in [5.74, 6) is 1.31. The molecule has 3 aromatic carbocycles. The van der Waals surface area contributed by atoms with Gasteiger partial charge in [-0.2, -0.15) is 5.26 Å². The van der Waals surface area contributed by atoms with E-state index >= 15 is 0 Å². The molecular weight excluding hydrogens is 400 g/mol. The first-order valence-corrected chi connectivity index (χ1v) is 10.8. The van der Waals surface area contributed by atoms with Crippen molar-refractivity contribution in [1.82, 2.24) is 10.2 Å². The second-order valence-corrected chi connectivity index (χ2v) is 7.90. The van der Waals surface area contributed by atoms with E-state index in [1.54, 1.807) is 48.5 Å². The van der Waals surface area contributed by atoms with Crippen molar-refractivity contribution in [2.24, 2.45) is 0 Å². The van der Waals surface area contributed by atoms with Crippen molar-refractivity contribution in [3.05, 3.63) is 90.0 Å². The predicted octanol–water partition coefficient (Wildman–Crippen LogP) is 5.14. The van der Waals surface area contributed by atoms with Gasteiger partial charge in [0.2, 0.25) is 0 Å². The van der Waals surface area contributed by atoms with Gasteiger partial charge in [0.1, 0.15) is 11.5 Å². The van der Waals surface area contributed by atoms with Gasteiger partial charge >= 0.3 is 6.03 Å². The standard InChI is InChI=1S/C26H26N4O2/c27-18-20-6-10-24(11-7-20)32-25-12-8-22(9-13-25)28-26(31)29-23-14-16-30(17-15-23)19-21-4-2-1-3-5-21/h1-13,23H,14-17,19H2,(H2,28,29,31). The van der Waals surface area contributed by atoms with E-state index in [1.807, 2.05) is 6.07 Å². The maximum absolute atomic E-state index is 12.4. The molecule has 0 radical (unpaired) electrons. The first-order chi connectivity index (χ1) is 15.7. The van der Waals surface area contributed by atoms with Crippen molar-refractivity contribution in [3.63, 3.8) is 0 Å². The third-order valence-electron chi connectivity index (χ3n) is 5.50. The molecule has 0 unspecified atom stereocenters. The van der Waals surface area contributed by atoms with Crippen molar-refractivity contribution in [2.75, 3.05) is 18.4 Å². The number of piperidine rings is 1. The van der Waals surface area contributed by atoms with Crippen molar-refractivity contribution >= 4 is 11.7 Å². The summed E-state index contributed by atoms with van der Waals surface area (Å²) in [5, 5.41) is 14.8. The summed E-state index contributed by atoms with van der Waals surface area (Å²) in [6, 6.07) is 26.7. The molecule has 32 heavy (non-hydrogen) atoms. The molecule has 1 aliphatic rings. The number of ether oxygens (including phenoxy) is 1. The zero-order chi connectivity index (χ0) is 22.2. The van der Waals surface area contributed by atoms with Gasteiger partial charge in [0.25, 0.3) is 0 Å². The lowest BCUT2D eigenvalue weighted by atomic mass is 10.0. The largest absolute Gasteiger partial charge is 0.457 e. The number of nitrogens with one attached hydrogen (secondary N) is 2. The summed E-state index contributed by atoms with van der Waals surface area (Å²) in [6.45, 7) is 2.90. The molecule has 1 saturated heterocycles. The summed E-state index contributed by atoms with van der Waals surface area (Å²) in [5.41, 5.74) is 2.62. The summed E-state index contributed by atoms with van der Waals surface area (Å²) in [7, 11) is 0. The monoisotopic (exact) mass is 426 g/mol. The fourth-order valence-corrected chi connectivity index (χ4v) is 3.77. The van der Waals surface area contributed by atoms with Crippen LogP contribution in [0.25, 0.3) is 0 Å². The number of hydrogen-bond donors (Lipinski definition) is 2. The van der Waals surface area contributed by atoms with Crippen molar-refractivity contribution < 1.29 is 9.53 Å². The molecule has 0 aliphatic carbocycles. The van der Waals surface area contributed by atoms with E-state index in [9.17, 15) is 4.79 Å². The number of nitriles is 1. The fourth-order valence-electron chi connectivity index (χ4n) is 3.77. The molecule has 162 valence electrons. The molecule has 0 spiro atoms. The number of carbonyl (C=O) groups is 1. The topological polar surface area (TPSA) is 77.4 Å². The summed E-state index contributed by atoms with van der Waals surface area (Å²) >= 11 is 0. The molecule has 0 bridgehead atoms. The second kappa shape index (κ2) is 10.5. The second-order valence-electron chi connectivity index (χ2n) is 7.90. The van der Waals surface area contributed by atoms with Crippen molar-refractivity contribution in [2.45, 2.75) is 25.4 Å². The van der Waals surface area contributed by atoms with E-state index in [4.69, 9.17) is 10.00 Å². The van der Waals surface area contributed by atoms with Crippen LogP contribution in [0, 0.1) is 11.3 Å². The SMILES string of the molecule is N#Cc1ccc(Oc2ccc(NC(=O)NC3CCN(Cc4ccccc4)CC3)cc2)cc1. The molecule has 2 N–H and O–H groups in total. The van der Waals surface area contributed by atoms with Crippen LogP contribution in [0.1, 0.15) is 24.0 Å². The highest BCUT2D eigenvalue weighted by Gasteiger charge is 2.20. The van der Waals surface area contributed by atoms with Crippen LogP contribution in [-0.2, 0) is 6.54 Å². The number of amides is 2. The van der Waals surface area contributed by atoms with Gasteiger partial charge in [0, 0.05) is 31.4 Å². The normalized spacial score (nSPS) is 14.3. The van der Waals surface area contributed by atoms with Gasteiger partial charge in [-0.1, -0.05) is 30.3 Å². The van der Waals surface area contributed by atoms with E-state index in [-0.39, 0.29) is 12.1 Å². The van der Waals surface area contributed by atoms with Crippen molar-refractivity contribution in [3.8, 4) is 17.6 Å². The first kappa shape index (κ1) is 21.4. The molecule has 6 nitrogen and oxygen atoms in total. The molecule has 2 amide bonds. The van der Waals surface area contributed by atoms with Crippen LogP contribution < -0.4 is 15.4 Å². The number of likely N-dealkylation sites (tertiary alicyclic amines) is 1. The number of urea groups is 1. The first-order valence-electron chi connectivity index (χ1n) is 10.8. The number of carbonyl (C=O) groups excluding carboxylic acids is 1. The number of anilines is 1. The Morgan fingerprint density at radius 1 is 0.938 bits per heavy atom. The molecule has 1 aliphatic heterocycles. The Labute approximate surface area is 188 Å². The van der Waals surface area contributed by atoms with Crippen LogP contribution in [-0.4, -0.2) is 30.1 Å². The molecule has 0 aromatic heterocycles. The van der Waals surface area contributed by atoms with E-state index in [0.29, 0.717) is 22.7 Å². The molecule has 1 heterocycles. The number of nitrogens with zero attached hydrogens (tertiary/aromatic N) is 2. The summed E-state index contributed by atoms with van der Waals surface area (Å²) < 4.78 is 5.77. The minimum atomic E-state index is -0.188. The van der Waals surface area contributed by atoms with Gasteiger partial charge in [-0.05, 0) is 66.9 Å². The Morgan fingerprint density at radius 2 is 1.56 bits per heavy atom. The number of rotatable bonds is 6. The molecule has 0 saturated carbocycles. The lowest BCUT2D eigenvalue weighted by molar-refractivity contribution is 0.190. The van der Waals surface area contributed by atoms with Crippen LogP contribution in [0.5, 0.6) is 11.5 Å². The highest BCUT2D eigenvalue weighted by Crippen LogP contribution is 2.23. The lowest BCUT2D eigenvalue weighted by Gasteiger charge is -2.32. The Hall–Kier alpha value is -3.82. The minimum Gasteiger partial charge on any atom is -0.457 e. The highest BCUT2D eigenvalue weighted by molar-refractivity contribution is 5.89. The number of hydrogen-bond acceptors (Lipinski definition) is 4. The Kier molecular flexibility index (Phi) is 7.01. The average molecular weight is 427 g/mol. The molecule has 4 rings (SSSR count). The Balaban J connectivity index is 1.21. The molecule has 0 atom stereocenters. The van der Waals surface area contributed by atoms with Gasteiger partial charge in [-0.3, -0.25) is 4.90 Å². The van der Waals surface area contributed by atoms with Gasteiger partial charge in [-0.25, -0.2) is 4.79 Å². The Bertz CT molecular complexity index is 1050. The third-order valence-corrected chi connectivity index (χ3v) is 5.50. The van der Waals surface area contributed by atoms with E-state index < -0.39 is 0 Å². The van der Waals surface area contributed by atoms with Crippen LogP contribution in [0.2, 0.25) is 0 Å². The van der Waals surface area contributed by atoms with Crippen molar-refractivity contribution in [1.29, 1.82) is 5.26 Å². The predicted molar refractivity (Wildman–Crippen MR) is 125 cm³/mol. The zero-order valence-corrected chi connectivity index (χ0v) is 17.8. The van der Waals surface area contributed by atoms with Gasteiger partial charge < -0.3 is 15.4 Å². The van der Waals surface area contributed by atoms with E-state index in [2.05, 4.69) is 45.9 Å². The minimum absolute atomic E-state index is 0.181. The fraction of sp³-hybridized carbons (Fsp3) is 0.231. The third kappa shape index (κ3) is 6.10. The van der Waals surface area contributed by atoms with Gasteiger partial charge in [0.05, 0.1) is 11.6 Å². The highest BCUT2D eigenvalue weighted by atomic mass is 16.5. The smallest absolute Gasteiger partial charge is 0.319 e. The van der Waals surface area contributed by atoms with Crippen LogP contribution in [0.3, 0.4) is 0 Å². The Morgan fingerprint density at radius 3 is 2.19 bits per heavy atom. The van der Waals surface area contributed by atoms with E-state index in [0.717, 1.165) is 32.5 Å². The van der Waals surface area contributed by atoms with Crippen LogP contribution in [0.4, 0.5) is 10.5 Å². The summed E-state index contributed by atoms with van der Waals surface area (Å²) in [4.78, 5) is 14.8. The van der Waals surface area contributed by atoms with Gasteiger partial charge in [-0.15, -0.1) is 0 Å².